The first-order valence-corrected chi connectivity index (χ1v) is 6.40. The number of anilines is 1. The van der Waals surface area contributed by atoms with Crippen LogP contribution in [0.4, 0.5) is 5.69 Å². The van der Waals surface area contributed by atoms with Gasteiger partial charge < -0.3 is 10.6 Å². The van der Waals surface area contributed by atoms with E-state index in [0.29, 0.717) is 0 Å². The number of nitrogen functional groups attached to an aromatic ring is 1. The number of nitrogens with zero attached hydrogens (tertiary/aromatic N) is 1. The smallest absolute Gasteiger partial charge is 0.124 e. The van der Waals surface area contributed by atoms with Crippen LogP contribution in [-0.2, 0) is 0 Å². The van der Waals surface area contributed by atoms with Gasteiger partial charge in [-0.1, -0.05) is 25.5 Å². The van der Waals surface area contributed by atoms with Crippen molar-refractivity contribution in [1.82, 2.24) is 0 Å². The number of para-hydroxylation sites is 1. The van der Waals surface area contributed by atoms with E-state index >= 15 is 0 Å². The van der Waals surface area contributed by atoms with Crippen LogP contribution in [0.25, 0.3) is 0 Å². The minimum atomic E-state index is 0.165. The largest absolute Gasteiger partial charge is 0.384 e. The van der Waals surface area contributed by atoms with Gasteiger partial charge in [-0.15, -0.1) is 0 Å². The Morgan fingerprint density at radius 3 is 2.59 bits per heavy atom. The number of nitrogens with two attached hydrogens (primary N) is 1. The molecule has 1 saturated heterocycles. The third-order valence-electron chi connectivity index (χ3n) is 3.73. The Bertz CT molecular complexity index is 392. The molecule has 1 aliphatic heterocycles. The molecule has 3 N–H and O–H groups in total. The van der Waals surface area contributed by atoms with Crippen molar-refractivity contribution in [3.8, 4) is 0 Å². The molecule has 0 bridgehead atoms. The summed E-state index contributed by atoms with van der Waals surface area (Å²) in [5, 5.41) is 7.62. The number of hydrogen-bond acceptors (Lipinski definition) is 2. The van der Waals surface area contributed by atoms with E-state index in [-0.39, 0.29) is 5.84 Å². The van der Waals surface area contributed by atoms with Crippen molar-refractivity contribution in [2.24, 2.45) is 11.7 Å². The summed E-state index contributed by atoms with van der Waals surface area (Å²) in [4.78, 5) is 2.36. The second-order valence-corrected chi connectivity index (χ2v) is 4.77. The molecule has 0 aliphatic carbocycles. The van der Waals surface area contributed by atoms with Crippen LogP contribution in [0.5, 0.6) is 0 Å². The van der Waals surface area contributed by atoms with Crippen LogP contribution in [-0.4, -0.2) is 18.9 Å². The highest BCUT2D eigenvalue weighted by molar-refractivity contribution is 6.00. The SMILES string of the molecule is CCC1CCN(c2ccccc2C(=N)N)CC1. The van der Waals surface area contributed by atoms with Gasteiger partial charge in [0.1, 0.15) is 5.84 Å². The zero-order chi connectivity index (χ0) is 12.3. The monoisotopic (exact) mass is 231 g/mol. The van der Waals surface area contributed by atoms with Gasteiger partial charge in [-0.2, -0.15) is 0 Å². The van der Waals surface area contributed by atoms with E-state index in [4.69, 9.17) is 11.1 Å². The second-order valence-electron chi connectivity index (χ2n) is 4.77. The van der Waals surface area contributed by atoms with Gasteiger partial charge in [0.15, 0.2) is 0 Å². The van der Waals surface area contributed by atoms with Crippen LogP contribution in [0.2, 0.25) is 0 Å². The summed E-state index contributed by atoms with van der Waals surface area (Å²) in [7, 11) is 0. The van der Waals surface area contributed by atoms with Crippen molar-refractivity contribution in [2.75, 3.05) is 18.0 Å². The molecule has 0 saturated carbocycles. The molecule has 1 heterocycles. The van der Waals surface area contributed by atoms with Crippen LogP contribution in [0.3, 0.4) is 0 Å². The topological polar surface area (TPSA) is 53.1 Å². The Labute approximate surface area is 103 Å². The Balaban J connectivity index is 2.15. The summed E-state index contributed by atoms with van der Waals surface area (Å²) in [6.45, 7) is 4.44. The summed E-state index contributed by atoms with van der Waals surface area (Å²) < 4.78 is 0. The van der Waals surface area contributed by atoms with E-state index in [1.165, 1.54) is 19.3 Å². The van der Waals surface area contributed by atoms with E-state index in [9.17, 15) is 0 Å². The van der Waals surface area contributed by atoms with Gasteiger partial charge in [-0.3, -0.25) is 5.41 Å². The number of hydrogen-bond donors (Lipinski definition) is 2. The highest BCUT2D eigenvalue weighted by Gasteiger charge is 2.20. The normalized spacial score (nSPS) is 17.1. The van der Waals surface area contributed by atoms with Crippen molar-refractivity contribution in [3.05, 3.63) is 29.8 Å². The molecular weight excluding hydrogens is 210 g/mol. The molecule has 0 amide bonds. The van der Waals surface area contributed by atoms with Crippen LogP contribution in [0.1, 0.15) is 31.7 Å². The van der Waals surface area contributed by atoms with E-state index in [1.54, 1.807) is 0 Å². The molecule has 0 radical (unpaired) electrons. The zero-order valence-corrected chi connectivity index (χ0v) is 10.4. The van der Waals surface area contributed by atoms with Crippen molar-refractivity contribution in [1.29, 1.82) is 5.41 Å². The number of amidine groups is 1. The van der Waals surface area contributed by atoms with Gasteiger partial charge in [-0.25, -0.2) is 0 Å². The number of piperidine rings is 1. The summed E-state index contributed by atoms with van der Waals surface area (Å²) in [6.07, 6.45) is 3.79. The van der Waals surface area contributed by atoms with Crippen LogP contribution in [0, 0.1) is 11.3 Å². The number of nitrogens with one attached hydrogen (secondary N) is 1. The Morgan fingerprint density at radius 2 is 2.00 bits per heavy atom. The first-order chi connectivity index (χ1) is 8.22. The lowest BCUT2D eigenvalue weighted by Gasteiger charge is -2.34. The molecular formula is C14H21N3. The molecule has 0 unspecified atom stereocenters. The maximum Gasteiger partial charge on any atom is 0.124 e. The molecule has 1 aliphatic rings. The highest BCUT2D eigenvalue weighted by Crippen LogP contribution is 2.27. The third kappa shape index (κ3) is 2.60. The lowest BCUT2D eigenvalue weighted by molar-refractivity contribution is 0.395. The first kappa shape index (κ1) is 12.0. The molecule has 0 aromatic heterocycles. The second kappa shape index (κ2) is 5.21. The van der Waals surface area contributed by atoms with Gasteiger partial charge >= 0.3 is 0 Å². The molecule has 3 nitrogen and oxygen atoms in total. The van der Waals surface area contributed by atoms with Crippen LogP contribution < -0.4 is 10.6 Å². The molecule has 92 valence electrons. The predicted octanol–water partition coefficient (Wildman–Crippen LogP) is 2.60. The lowest BCUT2D eigenvalue weighted by atomic mass is 9.93. The van der Waals surface area contributed by atoms with Crippen molar-refractivity contribution in [3.63, 3.8) is 0 Å². The van der Waals surface area contributed by atoms with Crippen molar-refractivity contribution < 1.29 is 0 Å². The Hall–Kier alpha value is -1.51. The van der Waals surface area contributed by atoms with Crippen LogP contribution in [0.15, 0.2) is 24.3 Å². The maximum absolute atomic E-state index is 7.62. The minimum absolute atomic E-state index is 0.165. The van der Waals surface area contributed by atoms with Crippen molar-refractivity contribution >= 4 is 11.5 Å². The summed E-state index contributed by atoms with van der Waals surface area (Å²) in [6, 6.07) is 7.97. The Kier molecular flexibility index (Phi) is 3.67. The fourth-order valence-electron chi connectivity index (χ4n) is 2.56. The average molecular weight is 231 g/mol. The maximum atomic E-state index is 7.62. The van der Waals surface area contributed by atoms with Gasteiger partial charge in [0.05, 0.1) is 0 Å². The molecule has 0 spiro atoms. The van der Waals surface area contributed by atoms with E-state index in [2.05, 4.69) is 17.9 Å². The molecule has 1 fully saturated rings. The van der Waals surface area contributed by atoms with E-state index in [0.717, 1.165) is 30.3 Å². The quantitative estimate of drug-likeness (QED) is 0.620. The van der Waals surface area contributed by atoms with Crippen molar-refractivity contribution in [2.45, 2.75) is 26.2 Å². The summed E-state index contributed by atoms with van der Waals surface area (Å²) >= 11 is 0. The molecule has 2 rings (SSSR count). The highest BCUT2D eigenvalue weighted by atomic mass is 15.1. The minimum Gasteiger partial charge on any atom is -0.384 e. The zero-order valence-electron chi connectivity index (χ0n) is 10.4. The third-order valence-corrected chi connectivity index (χ3v) is 3.73. The lowest BCUT2D eigenvalue weighted by Crippen LogP contribution is -2.34. The van der Waals surface area contributed by atoms with Gasteiger partial charge in [0, 0.05) is 24.3 Å². The summed E-state index contributed by atoms with van der Waals surface area (Å²) in [5.74, 6) is 1.04. The fraction of sp³-hybridized carbons (Fsp3) is 0.500. The van der Waals surface area contributed by atoms with Crippen LogP contribution >= 0.6 is 0 Å². The van der Waals surface area contributed by atoms with Gasteiger partial charge in [-0.05, 0) is 30.9 Å². The molecule has 3 heteroatoms. The molecule has 0 atom stereocenters. The number of benzene rings is 1. The molecule has 17 heavy (non-hydrogen) atoms. The average Bonchev–Trinajstić information content (AvgIpc) is 2.39. The molecule has 1 aromatic rings. The van der Waals surface area contributed by atoms with Gasteiger partial charge in [0.2, 0.25) is 0 Å². The predicted molar refractivity (Wildman–Crippen MR) is 72.7 cm³/mol. The molecule has 1 aromatic carbocycles. The Morgan fingerprint density at radius 1 is 1.35 bits per heavy atom. The fourth-order valence-corrected chi connectivity index (χ4v) is 2.56. The number of rotatable bonds is 3. The van der Waals surface area contributed by atoms with E-state index < -0.39 is 0 Å². The van der Waals surface area contributed by atoms with Gasteiger partial charge in [0.25, 0.3) is 0 Å². The van der Waals surface area contributed by atoms with E-state index in [1.807, 2.05) is 18.2 Å². The first-order valence-electron chi connectivity index (χ1n) is 6.40. The standard InChI is InChI=1S/C14H21N3/c1-2-11-7-9-17(10-8-11)13-6-4-3-5-12(13)14(15)16/h3-6,11H,2,7-10H2,1H3,(H3,15,16). The summed E-state index contributed by atoms with van der Waals surface area (Å²) in [5.41, 5.74) is 7.61.